The van der Waals surface area contributed by atoms with E-state index in [9.17, 15) is 14.7 Å². The van der Waals surface area contributed by atoms with Crippen molar-refractivity contribution in [3.63, 3.8) is 0 Å². The highest BCUT2D eigenvalue weighted by molar-refractivity contribution is 7.07. The summed E-state index contributed by atoms with van der Waals surface area (Å²) in [7, 11) is 1.55. The molecule has 0 spiro atoms. The summed E-state index contributed by atoms with van der Waals surface area (Å²) in [6, 6.07) is 6.97. The fourth-order valence-electron chi connectivity index (χ4n) is 3.66. The van der Waals surface area contributed by atoms with E-state index in [1.54, 1.807) is 36.6 Å². The predicted molar refractivity (Wildman–Crippen MR) is 112 cm³/mol. The quantitative estimate of drug-likeness (QED) is 0.626. The number of carboxylic acid groups (broad SMARTS) is 1. The number of carboxylic acids is 1. The average Bonchev–Trinajstić information content (AvgIpc) is 3.12. The molecule has 1 fully saturated rings. The molecule has 0 unspecified atom stereocenters. The van der Waals surface area contributed by atoms with E-state index in [-0.39, 0.29) is 0 Å². The Labute approximate surface area is 174 Å². The molecular formula is C22H27NO5S. The molecule has 1 aliphatic rings. The highest BCUT2D eigenvalue weighted by atomic mass is 32.1. The van der Waals surface area contributed by atoms with Gasteiger partial charge in [-0.2, -0.15) is 11.3 Å². The highest BCUT2D eigenvalue weighted by Crippen LogP contribution is 2.31. The number of hydrogen-bond donors (Lipinski definition) is 2. The van der Waals surface area contributed by atoms with Crippen LogP contribution < -0.4 is 14.8 Å². The summed E-state index contributed by atoms with van der Waals surface area (Å²) in [5.74, 6) is -0.358. The minimum Gasteiger partial charge on any atom is -0.493 e. The Bertz CT molecular complexity index is 826. The normalized spacial score (nSPS) is 15.9. The van der Waals surface area contributed by atoms with Crippen molar-refractivity contribution in [2.24, 2.45) is 0 Å². The monoisotopic (exact) mass is 417 g/mol. The molecule has 6 nitrogen and oxygen atoms in total. The van der Waals surface area contributed by atoms with Crippen LogP contribution in [-0.4, -0.2) is 36.2 Å². The molecule has 1 saturated carbocycles. The number of carbonyl (C=O) groups is 2. The number of aliphatic carboxylic acids is 1. The third-order valence-electron chi connectivity index (χ3n) is 5.37. The van der Waals surface area contributed by atoms with Gasteiger partial charge >= 0.3 is 5.97 Å². The zero-order valence-corrected chi connectivity index (χ0v) is 17.4. The van der Waals surface area contributed by atoms with Crippen LogP contribution in [0.4, 0.5) is 0 Å². The molecule has 1 amide bonds. The summed E-state index contributed by atoms with van der Waals surface area (Å²) in [4.78, 5) is 24.8. The van der Waals surface area contributed by atoms with Gasteiger partial charge in [0.25, 0.3) is 5.91 Å². The number of methoxy groups -OCH3 is 1. The van der Waals surface area contributed by atoms with Crippen LogP contribution in [0.3, 0.4) is 0 Å². The van der Waals surface area contributed by atoms with Crippen molar-refractivity contribution in [2.45, 2.75) is 50.5 Å². The standard InChI is InChI=1S/C22H27NO5S/c1-27-18-7-6-17(14-19(18)28-12-8-16-9-13-29-15-16)20(24)23-22(21(25)26)10-4-2-3-5-11-22/h6-7,9,13-15H,2-5,8,10-12H2,1H3,(H,23,24)(H,25,26). The first-order chi connectivity index (χ1) is 14.0. The molecule has 1 aromatic carbocycles. The van der Waals surface area contributed by atoms with Gasteiger partial charge in [-0.25, -0.2) is 4.79 Å². The van der Waals surface area contributed by atoms with Gasteiger partial charge in [0, 0.05) is 12.0 Å². The lowest BCUT2D eigenvalue weighted by atomic mass is 9.90. The lowest BCUT2D eigenvalue weighted by molar-refractivity contribution is -0.145. The third kappa shape index (κ3) is 5.29. The van der Waals surface area contributed by atoms with Crippen molar-refractivity contribution in [3.05, 3.63) is 46.2 Å². The van der Waals surface area contributed by atoms with E-state index in [4.69, 9.17) is 9.47 Å². The zero-order valence-electron chi connectivity index (χ0n) is 16.6. The number of ether oxygens (including phenoxy) is 2. The minimum absolute atomic E-state index is 0.362. The van der Waals surface area contributed by atoms with Crippen molar-refractivity contribution < 1.29 is 24.2 Å². The van der Waals surface area contributed by atoms with Crippen LogP contribution in [0.2, 0.25) is 0 Å². The molecule has 156 valence electrons. The molecule has 3 rings (SSSR count). The molecule has 1 aromatic heterocycles. The first kappa shape index (κ1) is 21.2. The molecular weight excluding hydrogens is 390 g/mol. The third-order valence-corrected chi connectivity index (χ3v) is 6.11. The van der Waals surface area contributed by atoms with Crippen molar-refractivity contribution in [3.8, 4) is 11.5 Å². The first-order valence-corrected chi connectivity index (χ1v) is 10.9. The molecule has 29 heavy (non-hydrogen) atoms. The van der Waals surface area contributed by atoms with Crippen LogP contribution in [-0.2, 0) is 11.2 Å². The lowest BCUT2D eigenvalue weighted by Crippen LogP contribution is -2.54. The second kappa shape index (κ2) is 9.78. The van der Waals surface area contributed by atoms with Crippen LogP contribution in [0.1, 0.15) is 54.4 Å². The van der Waals surface area contributed by atoms with E-state index in [0.717, 1.165) is 32.1 Å². The summed E-state index contributed by atoms with van der Waals surface area (Å²) in [6.07, 6.45) is 5.25. The Morgan fingerprint density at radius 3 is 2.52 bits per heavy atom. The number of amides is 1. The van der Waals surface area contributed by atoms with Gasteiger partial charge in [0.2, 0.25) is 0 Å². The molecule has 1 aliphatic carbocycles. The summed E-state index contributed by atoms with van der Waals surface area (Å²) < 4.78 is 11.2. The van der Waals surface area contributed by atoms with Gasteiger partial charge in [-0.15, -0.1) is 0 Å². The Hall–Kier alpha value is -2.54. The second-order valence-corrected chi connectivity index (χ2v) is 8.13. The second-order valence-electron chi connectivity index (χ2n) is 7.35. The van der Waals surface area contributed by atoms with Gasteiger partial charge in [0.05, 0.1) is 13.7 Å². The fraction of sp³-hybridized carbons (Fsp3) is 0.455. The molecule has 2 aromatic rings. The largest absolute Gasteiger partial charge is 0.493 e. The van der Waals surface area contributed by atoms with E-state index in [2.05, 4.69) is 10.7 Å². The van der Waals surface area contributed by atoms with Gasteiger partial charge in [-0.1, -0.05) is 25.7 Å². The molecule has 7 heteroatoms. The number of nitrogens with one attached hydrogen (secondary N) is 1. The van der Waals surface area contributed by atoms with Crippen LogP contribution in [0.25, 0.3) is 0 Å². The SMILES string of the molecule is COc1ccc(C(=O)NC2(C(=O)O)CCCCCC2)cc1OCCc1ccsc1. The van der Waals surface area contributed by atoms with Crippen LogP contribution in [0, 0.1) is 0 Å². The van der Waals surface area contributed by atoms with Crippen molar-refractivity contribution in [1.29, 1.82) is 0 Å². The van der Waals surface area contributed by atoms with E-state index < -0.39 is 17.4 Å². The molecule has 2 N–H and O–H groups in total. The number of carbonyl (C=O) groups excluding carboxylic acids is 1. The molecule has 0 radical (unpaired) electrons. The van der Waals surface area contributed by atoms with Gasteiger partial charge in [0.1, 0.15) is 5.54 Å². The molecule has 0 bridgehead atoms. The van der Waals surface area contributed by atoms with E-state index >= 15 is 0 Å². The first-order valence-electron chi connectivity index (χ1n) is 9.92. The van der Waals surface area contributed by atoms with Gasteiger partial charge in [0.15, 0.2) is 11.5 Å². The molecule has 0 saturated heterocycles. The maximum absolute atomic E-state index is 12.9. The van der Waals surface area contributed by atoms with Crippen molar-refractivity contribution in [2.75, 3.05) is 13.7 Å². The van der Waals surface area contributed by atoms with E-state index in [1.807, 2.05) is 11.4 Å². The van der Waals surface area contributed by atoms with Crippen molar-refractivity contribution >= 4 is 23.2 Å². The van der Waals surface area contributed by atoms with Crippen LogP contribution >= 0.6 is 11.3 Å². The maximum atomic E-state index is 12.9. The van der Waals surface area contributed by atoms with Gasteiger partial charge in [-0.3, -0.25) is 4.79 Å². The predicted octanol–water partition coefficient (Wildman–Crippen LogP) is 4.29. The maximum Gasteiger partial charge on any atom is 0.329 e. The van der Waals surface area contributed by atoms with Crippen molar-refractivity contribution in [1.82, 2.24) is 5.32 Å². The van der Waals surface area contributed by atoms with Gasteiger partial charge in [-0.05, 0) is 53.4 Å². The summed E-state index contributed by atoms with van der Waals surface area (Å²) in [6.45, 7) is 0.456. The fourth-order valence-corrected chi connectivity index (χ4v) is 4.36. The minimum atomic E-state index is -1.20. The van der Waals surface area contributed by atoms with Gasteiger partial charge < -0.3 is 19.9 Å². The zero-order chi connectivity index (χ0) is 20.7. The summed E-state index contributed by atoms with van der Waals surface area (Å²) >= 11 is 1.64. The number of hydrogen-bond acceptors (Lipinski definition) is 5. The highest BCUT2D eigenvalue weighted by Gasteiger charge is 2.40. The lowest BCUT2D eigenvalue weighted by Gasteiger charge is -2.29. The molecule has 0 atom stereocenters. The smallest absolute Gasteiger partial charge is 0.329 e. The Kier molecular flexibility index (Phi) is 7.14. The van der Waals surface area contributed by atoms with E-state index in [0.29, 0.717) is 36.5 Å². The van der Waals surface area contributed by atoms with Crippen LogP contribution in [0.5, 0.6) is 11.5 Å². The topological polar surface area (TPSA) is 84.9 Å². The average molecular weight is 418 g/mol. The summed E-state index contributed by atoms with van der Waals surface area (Å²) in [5.41, 5.74) is 0.355. The Morgan fingerprint density at radius 1 is 1.14 bits per heavy atom. The van der Waals surface area contributed by atoms with E-state index in [1.165, 1.54) is 5.56 Å². The number of thiophene rings is 1. The van der Waals surface area contributed by atoms with Crippen LogP contribution in [0.15, 0.2) is 35.0 Å². The summed E-state index contributed by atoms with van der Waals surface area (Å²) in [5, 5.41) is 16.7. The number of rotatable bonds is 8. The molecule has 1 heterocycles. The number of benzene rings is 1. The molecule has 0 aliphatic heterocycles. The Balaban J connectivity index is 1.73. The Morgan fingerprint density at radius 2 is 1.90 bits per heavy atom.